The van der Waals surface area contributed by atoms with Gasteiger partial charge in [-0.3, -0.25) is 0 Å². The fourth-order valence-electron chi connectivity index (χ4n) is 1.29. The first-order chi connectivity index (χ1) is 5.74. The Hall–Kier alpha value is -0.690. The van der Waals surface area contributed by atoms with E-state index in [1.54, 1.807) is 0 Å². The molecule has 0 saturated carbocycles. The Labute approximate surface area is 79.7 Å². The molecule has 0 aliphatic carbocycles. The summed E-state index contributed by atoms with van der Waals surface area (Å²) in [5.41, 5.74) is 2.74. The van der Waals surface area contributed by atoms with E-state index in [9.17, 15) is 0 Å². The first-order valence-corrected chi connectivity index (χ1v) is 4.62. The highest BCUT2D eigenvalue weighted by Gasteiger charge is 1.98. The zero-order chi connectivity index (χ0) is 8.97. The van der Waals surface area contributed by atoms with Crippen LogP contribution >= 0.6 is 12.6 Å². The third-order valence-corrected chi connectivity index (χ3v) is 2.05. The maximum atomic E-state index is 4.20. The summed E-state index contributed by atoms with van der Waals surface area (Å²) < 4.78 is 0. The van der Waals surface area contributed by atoms with E-state index >= 15 is 0 Å². The molecule has 12 heavy (non-hydrogen) atoms. The van der Waals surface area contributed by atoms with Gasteiger partial charge in [0.2, 0.25) is 0 Å². The quantitative estimate of drug-likeness (QED) is 0.675. The van der Waals surface area contributed by atoms with Crippen molar-refractivity contribution in [3.05, 3.63) is 46.9 Å². The van der Waals surface area contributed by atoms with Crippen LogP contribution in [0.2, 0.25) is 0 Å². The van der Waals surface area contributed by atoms with Crippen molar-refractivity contribution in [3.8, 4) is 0 Å². The van der Waals surface area contributed by atoms with E-state index in [0.717, 1.165) is 17.7 Å². The molecule has 0 radical (unpaired) electrons. The normalized spacial score (nSPS) is 9.83. The van der Waals surface area contributed by atoms with Crippen LogP contribution in [0, 0.1) is 0 Å². The number of allylic oxidation sites excluding steroid dienone is 1. The second-order valence-electron chi connectivity index (χ2n) is 2.87. The molecule has 0 heterocycles. The van der Waals surface area contributed by atoms with Crippen molar-refractivity contribution in [2.45, 2.75) is 19.8 Å². The van der Waals surface area contributed by atoms with Crippen molar-refractivity contribution in [3.63, 3.8) is 0 Å². The second kappa shape index (κ2) is 4.36. The lowest BCUT2D eigenvalue weighted by Gasteiger charge is -2.05. The minimum Gasteiger partial charge on any atom is -0.148 e. The van der Waals surface area contributed by atoms with Gasteiger partial charge in [-0.2, -0.15) is 0 Å². The van der Waals surface area contributed by atoms with Gasteiger partial charge in [0, 0.05) is 6.42 Å². The number of hydrogen-bond donors (Lipinski definition) is 1. The molecule has 64 valence electrons. The van der Waals surface area contributed by atoms with E-state index in [-0.39, 0.29) is 0 Å². The zero-order valence-electron chi connectivity index (χ0n) is 7.38. The Balaban J connectivity index is 2.89. The largest absolute Gasteiger partial charge is 0.148 e. The molecule has 0 aliphatic heterocycles. The highest BCUT2D eigenvalue weighted by Crippen LogP contribution is 2.14. The maximum absolute atomic E-state index is 4.20. The third-order valence-electron chi connectivity index (χ3n) is 1.89. The van der Waals surface area contributed by atoms with Crippen LogP contribution in [0.1, 0.15) is 18.1 Å². The Morgan fingerprint density at radius 2 is 1.92 bits per heavy atom. The van der Waals surface area contributed by atoms with Crippen molar-refractivity contribution >= 4 is 12.6 Å². The van der Waals surface area contributed by atoms with E-state index in [1.807, 2.05) is 0 Å². The standard InChI is InChI=1S/C11H14S/c1-3-10-6-4-5-7-11(10)8-9(2)12/h4-7,12H,2-3,8H2,1H3. The van der Waals surface area contributed by atoms with E-state index < -0.39 is 0 Å². The minimum absolute atomic E-state index is 0.882. The van der Waals surface area contributed by atoms with Gasteiger partial charge in [0.1, 0.15) is 0 Å². The van der Waals surface area contributed by atoms with Crippen LogP contribution in [0.5, 0.6) is 0 Å². The molecule has 0 aromatic heterocycles. The van der Waals surface area contributed by atoms with Crippen LogP contribution in [-0.4, -0.2) is 0 Å². The molecule has 0 amide bonds. The molecule has 1 rings (SSSR count). The number of benzene rings is 1. The topological polar surface area (TPSA) is 0 Å². The Kier molecular flexibility index (Phi) is 3.42. The van der Waals surface area contributed by atoms with Gasteiger partial charge in [-0.05, 0) is 22.5 Å². The molecule has 1 aromatic rings. The van der Waals surface area contributed by atoms with Crippen LogP contribution in [0.3, 0.4) is 0 Å². The summed E-state index contributed by atoms with van der Waals surface area (Å²) in [5.74, 6) is 0. The zero-order valence-corrected chi connectivity index (χ0v) is 8.27. The van der Waals surface area contributed by atoms with Crippen LogP contribution in [0.4, 0.5) is 0 Å². The van der Waals surface area contributed by atoms with Crippen LogP contribution < -0.4 is 0 Å². The highest BCUT2D eigenvalue weighted by molar-refractivity contribution is 7.84. The third kappa shape index (κ3) is 2.42. The Bertz CT molecular complexity index is 276. The molecule has 0 atom stereocenters. The Morgan fingerprint density at radius 3 is 2.42 bits per heavy atom. The van der Waals surface area contributed by atoms with Gasteiger partial charge in [0.25, 0.3) is 0 Å². The molecule has 1 aromatic carbocycles. The highest BCUT2D eigenvalue weighted by atomic mass is 32.1. The molecule has 1 heteroatoms. The Morgan fingerprint density at radius 1 is 1.33 bits per heavy atom. The molecular formula is C11H14S. The number of thiol groups is 1. The molecule has 0 unspecified atom stereocenters. The average Bonchev–Trinajstić information content (AvgIpc) is 2.04. The number of hydrogen-bond acceptors (Lipinski definition) is 1. The maximum Gasteiger partial charge on any atom is 0.00286 e. The summed E-state index contributed by atoms with van der Waals surface area (Å²) >= 11 is 4.20. The summed E-state index contributed by atoms with van der Waals surface area (Å²) in [4.78, 5) is 0.927. The molecular weight excluding hydrogens is 164 g/mol. The second-order valence-corrected chi connectivity index (χ2v) is 3.50. The lowest BCUT2D eigenvalue weighted by molar-refractivity contribution is 1.08. The first-order valence-electron chi connectivity index (χ1n) is 4.17. The molecule has 0 N–H and O–H groups in total. The van der Waals surface area contributed by atoms with Crippen molar-refractivity contribution in [2.24, 2.45) is 0 Å². The van der Waals surface area contributed by atoms with E-state index in [2.05, 4.69) is 50.4 Å². The molecule has 0 bridgehead atoms. The summed E-state index contributed by atoms with van der Waals surface area (Å²) in [6.07, 6.45) is 1.96. The molecule has 0 nitrogen and oxygen atoms in total. The molecule has 0 fully saturated rings. The SMILES string of the molecule is C=C(S)Cc1ccccc1CC. The van der Waals surface area contributed by atoms with Gasteiger partial charge in [-0.1, -0.05) is 37.8 Å². The van der Waals surface area contributed by atoms with Crippen LogP contribution in [0.25, 0.3) is 0 Å². The minimum atomic E-state index is 0.882. The number of aryl methyl sites for hydroxylation is 1. The van der Waals surface area contributed by atoms with Crippen LogP contribution in [0.15, 0.2) is 35.7 Å². The van der Waals surface area contributed by atoms with Gasteiger partial charge in [-0.25, -0.2) is 0 Å². The fraction of sp³-hybridized carbons (Fsp3) is 0.273. The summed E-state index contributed by atoms with van der Waals surface area (Å²) in [7, 11) is 0. The summed E-state index contributed by atoms with van der Waals surface area (Å²) in [5, 5.41) is 0. The summed E-state index contributed by atoms with van der Waals surface area (Å²) in [6.45, 7) is 5.96. The van der Waals surface area contributed by atoms with Gasteiger partial charge in [0.05, 0.1) is 0 Å². The lowest BCUT2D eigenvalue weighted by Crippen LogP contribution is -1.91. The van der Waals surface area contributed by atoms with Crippen molar-refractivity contribution in [1.29, 1.82) is 0 Å². The first kappa shape index (κ1) is 9.40. The van der Waals surface area contributed by atoms with E-state index in [1.165, 1.54) is 11.1 Å². The number of rotatable bonds is 3. The predicted octanol–water partition coefficient (Wildman–Crippen LogP) is 3.24. The molecule has 0 aliphatic rings. The van der Waals surface area contributed by atoms with E-state index in [4.69, 9.17) is 0 Å². The lowest BCUT2D eigenvalue weighted by atomic mass is 10.0. The van der Waals surface area contributed by atoms with E-state index in [0.29, 0.717) is 0 Å². The van der Waals surface area contributed by atoms with Gasteiger partial charge in [-0.15, -0.1) is 12.6 Å². The van der Waals surface area contributed by atoms with Gasteiger partial charge >= 0.3 is 0 Å². The van der Waals surface area contributed by atoms with Crippen molar-refractivity contribution in [1.82, 2.24) is 0 Å². The van der Waals surface area contributed by atoms with Gasteiger partial charge in [0.15, 0.2) is 0 Å². The van der Waals surface area contributed by atoms with Crippen molar-refractivity contribution in [2.75, 3.05) is 0 Å². The van der Waals surface area contributed by atoms with Crippen LogP contribution in [-0.2, 0) is 12.8 Å². The smallest absolute Gasteiger partial charge is 0.00286 e. The monoisotopic (exact) mass is 178 g/mol. The summed E-state index contributed by atoms with van der Waals surface area (Å²) in [6, 6.07) is 8.43. The van der Waals surface area contributed by atoms with Crippen molar-refractivity contribution < 1.29 is 0 Å². The fourth-order valence-corrected chi connectivity index (χ4v) is 1.47. The predicted molar refractivity (Wildman–Crippen MR) is 57.7 cm³/mol. The molecule has 0 spiro atoms. The average molecular weight is 178 g/mol. The molecule has 0 saturated heterocycles. The van der Waals surface area contributed by atoms with Gasteiger partial charge < -0.3 is 0 Å².